The van der Waals surface area contributed by atoms with Crippen LogP contribution < -0.4 is 14.8 Å². The van der Waals surface area contributed by atoms with Gasteiger partial charge in [-0.05, 0) is 67.8 Å². The predicted molar refractivity (Wildman–Crippen MR) is 127 cm³/mol. The molecule has 168 valence electrons. The summed E-state index contributed by atoms with van der Waals surface area (Å²) in [5.74, 6) is 0.462. The summed E-state index contributed by atoms with van der Waals surface area (Å²) in [4.78, 5) is 12.8. The average Bonchev–Trinajstić information content (AvgIpc) is 2.78. The minimum Gasteiger partial charge on any atom is -0.492 e. The Balaban J connectivity index is 1.61. The number of ether oxygens (including phenoxy) is 1. The van der Waals surface area contributed by atoms with Crippen molar-refractivity contribution in [2.45, 2.75) is 32.1 Å². The maximum Gasteiger partial charge on any atom is 0.261 e. The monoisotopic (exact) mass is 452 g/mol. The smallest absolute Gasteiger partial charge is 0.261 e. The second-order valence-electron chi connectivity index (χ2n) is 7.50. The molecule has 0 heterocycles. The largest absolute Gasteiger partial charge is 0.492 e. The van der Waals surface area contributed by atoms with E-state index in [0.29, 0.717) is 30.0 Å². The molecule has 0 saturated carbocycles. The van der Waals surface area contributed by atoms with E-state index in [4.69, 9.17) is 4.74 Å². The van der Waals surface area contributed by atoms with Crippen molar-refractivity contribution in [1.29, 1.82) is 0 Å². The molecule has 0 aliphatic heterocycles. The van der Waals surface area contributed by atoms with Crippen LogP contribution in [0.25, 0.3) is 0 Å². The van der Waals surface area contributed by atoms with E-state index in [1.807, 2.05) is 31.2 Å². The molecule has 0 aromatic heterocycles. The first kappa shape index (κ1) is 23.3. The summed E-state index contributed by atoms with van der Waals surface area (Å²) in [6.45, 7) is 6.36. The normalized spacial score (nSPS) is 11.1. The van der Waals surface area contributed by atoms with Gasteiger partial charge in [-0.15, -0.1) is 0 Å². The SMILES string of the molecule is CCc1ccc(OCCNC(=O)c2cccc(NS(=O)(=O)c3ccc(C)cc3)c2C)cc1. The van der Waals surface area contributed by atoms with Crippen molar-refractivity contribution >= 4 is 21.6 Å². The first-order valence-corrected chi connectivity index (χ1v) is 12.0. The van der Waals surface area contributed by atoms with E-state index in [9.17, 15) is 13.2 Å². The predicted octanol–water partition coefficient (Wildman–Crippen LogP) is 4.48. The van der Waals surface area contributed by atoms with Crippen LogP contribution in [-0.2, 0) is 16.4 Å². The molecule has 7 heteroatoms. The lowest BCUT2D eigenvalue weighted by molar-refractivity contribution is 0.0946. The Morgan fingerprint density at radius 3 is 2.28 bits per heavy atom. The highest BCUT2D eigenvalue weighted by Gasteiger charge is 2.18. The number of aryl methyl sites for hydroxylation is 2. The molecular formula is C25H28N2O4S. The second kappa shape index (κ2) is 10.3. The number of sulfonamides is 1. The molecule has 0 aliphatic rings. The molecule has 32 heavy (non-hydrogen) atoms. The molecule has 3 aromatic rings. The highest BCUT2D eigenvalue weighted by atomic mass is 32.2. The van der Waals surface area contributed by atoms with E-state index in [1.54, 1.807) is 49.4 Å². The number of anilines is 1. The Hall–Kier alpha value is -3.32. The summed E-state index contributed by atoms with van der Waals surface area (Å²) in [5, 5.41) is 2.82. The van der Waals surface area contributed by atoms with Crippen LogP contribution in [0.4, 0.5) is 5.69 Å². The standard InChI is InChI=1S/C25H28N2O4S/c1-4-20-10-12-21(13-11-20)31-17-16-26-25(28)23-6-5-7-24(19(23)3)27-32(29,30)22-14-8-18(2)9-15-22/h5-15,27H,4,16-17H2,1-3H3,(H,26,28). The Morgan fingerprint density at radius 1 is 0.938 bits per heavy atom. The maximum atomic E-state index is 12.7. The number of amides is 1. The third-order valence-corrected chi connectivity index (χ3v) is 6.52. The zero-order valence-electron chi connectivity index (χ0n) is 18.5. The Bertz CT molecular complexity index is 1170. The van der Waals surface area contributed by atoms with Crippen molar-refractivity contribution in [2.24, 2.45) is 0 Å². The van der Waals surface area contributed by atoms with Gasteiger partial charge >= 0.3 is 0 Å². The van der Waals surface area contributed by atoms with Gasteiger partial charge in [0.25, 0.3) is 15.9 Å². The molecular weight excluding hydrogens is 424 g/mol. The van der Waals surface area contributed by atoms with Gasteiger partial charge in [0.05, 0.1) is 17.1 Å². The summed E-state index contributed by atoms with van der Waals surface area (Å²) in [6.07, 6.45) is 0.968. The second-order valence-corrected chi connectivity index (χ2v) is 9.18. The van der Waals surface area contributed by atoms with Crippen LogP contribution in [0.2, 0.25) is 0 Å². The molecule has 0 radical (unpaired) electrons. The first-order valence-electron chi connectivity index (χ1n) is 10.5. The molecule has 6 nitrogen and oxygen atoms in total. The Labute approximate surface area is 189 Å². The number of benzene rings is 3. The van der Waals surface area contributed by atoms with Gasteiger partial charge in [0.2, 0.25) is 0 Å². The molecule has 0 fully saturated rings. The number of rotatable bonds is 9. The van der Waals surface area contributed by atoms with Gasteiger partial charge in [-0.3, -0.25) is 9.52 Å². The molecule has 0 saturated heterocycles. The van der Waals surface area contributed by atoms with Crippen molar-refractivity contribution < 1.29 is 17.9 Å². The van der Waals surface area contributed by atoms with Gasteiger partial charge < -0.3 is 10.1 Å². The molecule has 0 aliphatic carbocycles. The van der Waals surface area contributed by atoms with Crippen molar-refractivity contribution in [2.75, 3.05) is 17.9 Å². The van der Waals surface area contributed by atoms with Crippen LogP contribution in [0.15, 0.2) is 71.6 Å². The highest BCUT2D eigenvalue weighted by Crippen LogP contribution is 2.23. The Morgan fingerprint density at radius 2 is 1.62 bits per heavy atom. The summed E-state index contributed by atoms with van der Waals surface area (Å²) >= 11 is 0. The number of hydrogen-bond donors (Lipinski definition) is 2. The minimum atomic E-state index is -3.75. The lowest BCUT2D eigenvalue weighted by Crippen LogP contribution is -2.29. The Kier molecular flexibility index (Phi) is 7.53. The van der Waals surface area contributed by atoms with E-state index in [-0.39, 0.29) is 10.8 Å². The lowest BCUT2D eigenvalue weighted by Gasteiger charge is -2.14. The molecule has 2 N–H and O–H groups in total. The lowest BCUT2D eigenvalue weighted by atomic mass is 10.1. The van der Waals surface area contributed by atoms with Crippen molar-refractivity contribution in [3.63, 3.8) is 0 Å². The number of hydrogen-bond acceptors (Lipinski definition) is 4. The molecule has 0 atom stereocenters. The van der Waals surface area contributed by atoms with Crippen LogP contribution in [-0.4, -0.2) is 27.5 Å². The molecule has 1 amide bonds. The van der Waals surface area contributed by atoms with Crippen molar-refractivity contribution in [3.8, 4) is 5.75 Å². The maximum absolute atomic E-state index is 12.7. The highest BCUT2D eigenvalue weighted by molar-refractivity contribution is 7.92. The number of nitrogens with one attached hydrogen (secondary N) is 2. The van der Waals surface area contributed by atoms with Crippen LogP contribution in [0.3, 0.4) is 0 Å². The van der Waals surface area contributed by atoms with E-state index >= 15 is 0 Å². The van der Waals surface area contributed by atoms with Gasteiger partial charge in [-0.25, -0.2) is 8.42 Å². The molecule has 3 aromatic carbocycles. The van der Waals surface area contributed by atoms with Gasteiger partial charge in [0.1, 0.15) is 12.4 Å². The van der Waals surface area contributed by atoms with Crippen LogP contribution in [0.5, 0.6) is 5.75 Å². The quantitative estimate of drug-likeness (QED) is 0.469. The zero-order valence-corrected chi connectivity index (χ0v) is 19.3. The summed E-state index contributed by atoms with van der Waals surface area (Å²) < 4.78 is 33.7. The van der Waals surface area contributed by atoms with Gasteiger partial charge in [-0.1, -0.05) is 42.8 Å². The van der Waals surface area contributed by atoms with Gasteiger partial charge in [-0.2, -0.15) is 0 Å². The average molecular weight is 453 g/mol. The fourth-order valence-electron chi connectivity index (χ4n) is 3.16. The van der Waals surface area contributed by atoms with Crippen LogP contribution in [0, 0.1) is 13.8 Å². The van der Waals surface area contributed by atoms with Crippen LogP contribution in [0.1, 0.15) is 34.0 Å². The van der Waals surface area contributed by atoms with E-state index in [1.165, 1.54) is 5.56 Å². The summed E-state index contributed by atoms with van der Waals surface area (Å²) in [5.41, 5.74) is 3.53. The number of carbonyl (C=O) groups is 1. The van der Waals surface area contributed by atoms with Crippen molar-refractivity contribution in [1.82, 2.24) is 5.32 Å². The number of carbonyl (C=O) groups excluding carboxylic acids is 1. The van der Waals surface area contributed by atoms with E-state index in [0.717, 1.165) is 17.7 Å². The topological polar surface area (TPSA) is 84.5 Å². The summed E-state index contributed by atoms with van der Waals surface area (Å²) in [7, 11) is -3.75. The third kappa shape index (κ3) is 5.88. The van der Waals surface area contributed by atoms with E-state index in [2.05, 4.69) is 17.0 Å². The van der Waals surface area contributed by atoms with Crippen molar-refractivity contribution in [3.05, 3.63) is 89.0 Å². The first-order chi connectivity index (χ1) is 15.3. The zero-order chi connectivity index (χ0) is 23.1. The molecule has 0 unspecified atom stereocenters. The fraction of sp³-hybridized carbons (Fsp3) is 0.240. The van der Waals surface area contributed by atoms with Gasteiger partial charge in [0.15, 0.2) is 0 Å². The van der Waals surface area contributed by atoms with Crippen LogP contribution >= 0.6 is 0 Å². The molecule has 3 rings (SSSR count). The third-order valence-electron chi connectivity index (χ3n) is 5.14. The fourth-order valence-corrected chi connectivity index (χ4v) is 4.29. The minimum absolute atomic E-state index is 0.168. The molecule has 0 spiro atoms. The van der Waals surface area contributed by atoms with E-state index < -0.39 is 10.0 Å². The molecule has 0 bridgehead atoms. The summed E-state index contributed by atoms with van der Waals surface area (Å²) in [6, 6.07) is 19.4. The van der Waals surface area contributed by atoms with Gasteiger partial charge in [0, 0.05) is 5.56 Å².